The van der Waals surface area contributed by atoms with Gasteiger partial charge in [0.1, 0.15) is 18.2 Å². The summed E-state index contributed by atoms with van der Waals surface area (Å²) in [5.74, 6) is -1.86. The molecule has 0 unspecified atom stereocenters. The monoisotopic (exact) mass is 340 g/mol. The number of rotatable bonds is 5. The van der Waals surface area contributed by atoms with Crippen LogP contribution in [0.4, 0.5) is 14.6 Å². The Bertz CT molecular complexity index is 886. The molecule has 0 saturated heterocycles. The van der Waals surface area contributed by atoms with Crippen molar-refractivity contribution in [2.45, 2.75) is 6.61 Å². The first kappa shape index (κ1) is 16.6. The summed E-state index contributed by atoms with van der Waals surface area (Å²) < 4.78 is 32.6. The summed E-state index contributed by atoms with van der Waals surface area (Å²) in [5.41, 5.74) is 0.541. The van der Waals surface area contributed by atoms with Crippen molar-refractivity contribution in [3.8, 4) is 5.75 Å². The lowest BCUT2D eigenvalue weighted by Crippen LogP contribution is -2.16. The van der Waals surface area contributed by atoms with Crippen LogP contribution >= 0.6 is 0 Å². The molecule has 0 radical (unpaired) electrons. The van der Waals surface area contributed by atoms with Gasteiger partial charge in [0.2, 0.25) is 0 Å². The third kappa shape index (κ3) is 4.17. The van der Waals surface area contributed by atoms with E-state index in [0.717, 1.165) is 23.8 Å². The second-order valence-electron chi connectivity index (χ2n) is 5.20. The largest absolute Gasteiger partial charge is 0.485 e. The van der Waals surface area contributed by atoms with Gasteiger partial charge in [-0.05, 0) is 35.9 Å². The van der Waals surface area contributed by atoms with Crippen molar-refractivity contribution < 1.29 is 18.3 Å². The number of carbonyl (C=O) groups excluding carboxylic acids is 1. The van der Waals surface area contributed by atoms with Crippen LogP contribution < -0.4 is 10.1 Å². The first-order valence-electron chi connectivity index (χ1n) is 7.51. The van der Waals surface area contributed by atoms with Gasteiger partial charge in [-0.15, -0.1) is 0 Å². The maximum atomic E-state index is 13.7. The Morgan fingerprint density at radius 1 is 1.04 bits per heavy atom. The van der Waals surface area contributed by atoms with Crippen molar-refractivity contribution in [2.24, 2.45) is 0 Å². The van der Waals surface area contributed by atoms with Crippen molar-refractivity contribution in [1.82, 2.24) is 4.98 Å². The molecule has 4 nitrogen and oxygen atoms in total. The SMILES string of the molecule is O=C(Nc1ncccc1OCc1ccccc1)c1cc(F)ccc1F. The zero-order valence-corrected chi connectivity index (χ0v) is 13.1. The molecule has 0 fully saturated rings. The molecular weight excluding hydrogens is 326 g/mol. The van der Waals surface area contributed by atoms with Crippen LogP contribution in [0.15, 0.2) is 66.9 Å². The van der Waals surface area contributed by atoms with Crippen LogP contribution in [0, 0.1) is 11.6 Å². The van der Waals surface area contributed by atoms with Gasteiger partial charge in [-0.3, -0.25) is 4.79 Å². The van der Waals surface area contributed by atoms with E-state index in [9.17, 15) is 13.6 Å². The van der Waals surface area contributed by atoms with Crippen molar-refractivity contribution in [3.63, 3.8) is 0 Å². The van der Waals surface area contributed by atoms with E-state index < -0.39 is 23.1 Å². The van der Waals surface area contributed by atoms with Crippen LogP contribution in [-0.4, -0.2) is 10.9 Å². The predicted molar refractivity (Wildman–Crippen MR) is 89.3 cm³/mol. The highest BCUT2D eigenvalue weighted by molar-refractivity contribution is 6.04. The maximum absolute atomic E-state index is 13.7. The van der Waals surface area contributed by atoms with Crippen LogP contribution in [-0.2, 0) is 6.61 Å². The molecule has 0 bridgehead atoms. The Balaban J connectivity index is 1.76. The van der Waals surface area contributed by atoms with Gasteiger partial charge in [-0.2, -0.15) is 0 Å². The summed E-state index contributed by atoms with van der Waals surface area (Å²) in [6.07, 6.45) is 1.47. The summed E-state index contributed by atoms with van der Waals surface area (Å²) in [6, 6.07) is 15.4. The number of amides is 1. The highest BCUT2D eigenvalue weighted by Gasteiger charge is 2.15. The van der Waals surface area contributed by atoms with Crippen LogP contribution in [0.3, 0.4) is 0 Å². The van der Waals surface area contributed by atoms with Crippen LogP contribution in [0.25, 0.3) is 0 Å². The van der Waals surface area contributed by atoms with Gasteiger partial charge in [-0.25, -0.2) is 13.8 Å². The third-order valence-electron chi connectivity index (χ3n) is 3.41. The summed E-state index contributed by atoms with van der Waals surface area (Å²) in [5, 5.41) is 2.45. The van der Waals surface area contributed by atoms with Crippen molar-refractivity contribution in [2.75, 3.05) is 5.32 Å². The Hall–Kier alpha value is -3.28. The number of ether oxygens (including phenoxy) is 1. The second kappa shape index (κ2) is 7.53. The standard InChI is InChI=1S/C19H14F2N2O2/c20-14-8-9-16(21)15(11-14)19(24)23-18-17(7-4-10-22-18)25-12-13-5-2-1-3-6-13/h1-11H,12H2,(H,22,23,24). The molecule has 0 saturated carbocycles. The minimum Gasteiger partial charge on any atom is -0.485 e. The van der Waals surface area contributed by atoms with E-state index in [1.165, 1.54) is 6.20 Å². The molecule has 0 aliphatic carbocycles. The Labute approximate surface area is 143 Å². The Morgan fingerprint density at radius 2 is 1.84 bits per heavy atom. The summed E-state index contributed by atoms with van der Waals surface area (Å²) in [4.78, 5) is 16.2. The van der Waals surface area contributed by atoms with Gasteiger partial charge >= 0.3 is 0 Å². The first-order valence-corrected chi connectivity index (χ1v) is 7.51. The van der Waals surface area contributed by atoms with Gasteiger partial charge in [-0.1, -0.05) is 30.3 Å². The number of nitrogens with zero attached hydrogens (tertiary/aromatic N) is 1. The lowest BCUT2D eigenvalue weighted by atomic mass is 10.2. The molecule has 3 rings (SSSR count). The fourth-order valence-corrected chi connectivity index (χ4v) is 2.18. The molecular formula is C19H14F2N2O2. The van der Waals surface area contributed by atoms with Crippen LogP contribution in [0.5, 0.6) is 5.75 Å². The number of pyridine rings is 1. The quantitative estimate of drug-likeness (QED) is 0.758. The lowest BCUT2D eigenvalue weighted by molar-refractivity contribution is 0.102. The Morgan fingerprint density at radius 3 is 2.64 bits per heavy atom. The fourth-order valence-electron chi connectivity index (χ4n) is 2.18. The van der Waals surface area contributed by atoms with Crippen LogP contribution in [0.2, 0.25) is 0 Å². The molecule has 25 heavy (non-hydrogen) atoms. The maximum Gasteiger partial charge on any atom is 0.259 e. The Kier molecular flexibility index (Phi) is 4.99. The predicted octanol–water partition coefficient (Wildman–Crippen LogP) is 4.19. The van der Waals surface area contributed by atoms with Crippen LogP contribution in [0.1, 0.15) is 15.9 Å². The molecule has 0 aliphatic heterocycles. The average Bonchev–Trinajstić information content (AvgIpc) is 2.64. The van der Waals surface area contributed by atoms with E-state index in [4.69, 9.17) is 4.74 Å². The molecule has 1 amide bonds. The smallest absolute Gasteiger partial charge is 0.259 e. The topological polar surface area (TPSA) is 51.2 Å². The number of hydrogen-bond donors (Lipinski definition) is 1. The molecule has 0 spiro atoms. The number of anilines is 1. The minimum atomic E-state index is -0.818. The highest BCUT2D eigenvalue weighted by atomic mass is 19.1. The van der Waals surface area contributed by atoms with Crippen molar-refractivity contribution in [1.29, 1.82) is 0 Å². The molecule has 2 aromatic carbocycles. The summed E-state index contributed by atoms with van der Waals surface area (Å²) in [7, 11) is 0. The molecule has 126 valence electrons. The number of nitrogens with one attached hydrogen (secondary N) is 1. The normalized spacial score (nSPS) is 10.3. The summed E-state index contributed by atoms with van der Waals surface area (Å²) in [6.45, 7) is 0.281. The number of benzene rings is 2. The number of hydrogen-bond acceptors (Lipinski definition) is 3. The molecule has 6 heteroatoms. The number of carbonyl (C=O) groups is 1. The van der Waals surface area contributed by atoms with E-state index in [-0.39, 0.29) is 12.4 Å². The van der Waals surface area contributed by atoms with Crippen molar-refractivity contribution >= 4 is 11.7 Å². The lowest BCUT2D eigenvalue weighted by Gasteiger charge is -2.12. The van der Waals surface area contributed by atoms with Gasteiger partial charge in [0.15, 0.2) is 11.6 Å². The van der Waals surface area contributed by atoms with Gasteiger partial charge in [0.25, 0.3) is 5.91 Å². The first-order chi connectivity index (χ1) is 12.1. The van der Waals surface area contributed by atoms with E-state index in [1.54, 1.807) is 12.1 Å². The molecule has 0 atom stereocenters. The summed E-state index contributed by atoms with van der Waals surface area (Å²) >= 11 is 0. The second-order valence-corrected chi connectivity index (χ2v) is 5.20. The van der Waals surface area contributed by atoms with E-state index >= 15 is 0 Å². The van der Waals surface area contributed by atoms with Gasteiger partial charge in [0.05, 0.1) is 5.56 Å². The third-order valence-corrected chi connectivity index (χ3v) is 3.41. The molecule has 0 aliphatic rings. The number of halogens is 2. The van der Waals surface area contributed by atoms with Crippen molar-refractivity contribution in [3.05, 3.63) is 89.6 Å². The zero-order valence-electron chi connectivity index (χ0n) is 13.1. The van der Waals surface area contributed by atoms with Gasteiger partial charge in [0, 0.05) is 6.20 Å². The van der Waals surface area contributed by atoms with E-state index in [2.05, 4.69) is 10.3 Å². The fraction of sp³-hybridized carbons (Fsp3) is 0.0526. The minimum absolute atomic E-state index is 0.132. The molecule has 3 aromatic rings. The molecule has 1 aromatic heterocycles. The average molecular weight is 340 g/mol. The van der Waals surface area contributed by atoms with Gasteiger partial charge < -0.3 is 10.1 Å². The van der Waals surface area contributed by atoms with E-state index in [0.29, 0.717) is 5.75 Å². The molecule has 1 N–H and O–H groups in total. The molecule has 1 heterocycles. The highest BCUT2D eigenvalue weighted by Crippen LogP contribution is 2.23. The van der Waals surface area contributed by atoms with E-state index in [1.807, 2.05) is 30.3 Å². The number of aromatic nitrogens is 1. The zero-order chi connectivity index (χ0) is 17.6.